The van der Waals surface area contributed by atoms with Crippen LogP contribution in [0.1, 0.15) is 21.5 Å². The molecule has 2 aromatic rings. The van der Waals surface area contributed by atoms with E-state index in [0.717, 1.165) is 9.88 Å². The van der Waals surface area contributed by atoms with Crippen LogP contribution in [0.2, 0.25) is 5.02 Å². The maximum absolute atomic E-state index is 13.7. The van der Waals surface area contributed by atoms with Crippen LogP contribution in [0.3, 0.4) is 0 Å². The number of benzene rings is 1. The average Bonchev–Trinajstić information content (AvgIpc) is 2.76. The van der Waals surface area contributed by atoms with Gasteiger partial charge in [0.2, 0.25) is 0 Å². The summed E-state index contributed by atoms with van der Waals surface area (Å²) in [4.78, 5) is 5.14. The van der Waals surface area contributed by atoms with Gasteiger partial charge in [-0.2, -0.15) is 0 Å². The highest BCUT2D eigenvalue weighted by atomic mass is 35.5. The van der Waals surface area contributed by atoms with E-state index in [2.05, 4.69) is 10.4 Å². The molecule has 0 saturated carbocycles. The Hall–Kier alpha value is -1.01. The van der Waals surface area contributed by atoms with Gasteiger partial charge < -0.3 is 0 Å². The lowest BCUT2D eigenvalue weighted by Gasteiger charge is -2.15. The van der Waals surface area contributed by atoms with Crippen LogP contribution in [0, 0.1) is 12.7 Å². The molecule has 18 heavy (non-hydrogen) atoms. The Morgan fingerprint density at radius 3 is 2.89 bits per heavy atom. The molecule has 1 heterocycles. The molecule has 0 fully saturated rings. The second-order valence-corrected chi connectivity index (χ2v) is 5.58. The summed E-state index contributed by atoms with van der Waals surface area (Å²) in [6.07, 6.45) is 2.14. The Labute approximate surface area is 114 Å². The topological polar surface area (TPSA) is 50.9 Å². The quantitative estimate of drug-likeness (QED) is 0.671. The highest BCUT2D eigenvalue weighted by Crippen LogP contribution is 2.27. The van der Waals surface area contributed by atoms with Gasteiger partial charge in [0.25, 0.3) is 0 Å². The lowest BCUT2D eigenvalue weighted by Crippen LogP contribution is -2.29. The standard InChI is InChI=1S/C12H13ClFN3S/c1-7-16-6-12(18-7)11(17-15)5-8-9(13)3-2-4-10(8)14/h2-4,6,11,17H,5,15H2,1H3. The minimum absolute atomic E-state index is 0.189. The molecule has 1 unspecified atom stereocenters. The number of halogens is 2. The zero-order chi connectivity index (χ0) is 13.1. The summed E-state index contributed by atoms with van der Waals surface area (Å²) in [5.74, 6) is 5.21. The summed E-state index contributed by atoms with van der Waals surface area (Å²) in [5.41, 5.74) is 3.15. The van der Waals surface area contributed by atoms with Crippen molar-refractivity contribution in [2.45, 2.75) is 19.4 Å². The van der Waals surface area contributed by atoms with Gasteiger partial charge in [0, 0.05) is 21.7 Å². The molecule has 2 rings (SSSR count). The average molecular weight is 286 g/mol. The van der Waals surface area contributed by atoms with Crippen molar-refractivity contribution in [1.29, 1.82) is 0 Å². The molecule has 0 saturated heterocycles. The molecule has 0 bridgehead atoms. The van der Waals surface area contributed by atoms with Gasteiger partial charge >= 0.3 is 0 Å². The summed E-state index contributed by atoms with van der Waals surface area (Å²) in [7, 11) is 0. The maximum Gasteiger partial charge on any atom is 0.127 e. The van der Waals surface area contributed by atoms with Crippen molar-refractivity contribution in [2.75, 3.05) is 0 Å². The number of aryl methyl sites for hydroxylation is 1. The van der Waals surface area contributed by atoms with Crippen LogP contribution in [-0.4, -0.2) is 4.98 Å². The number of hydrazine groups is 1. The molecular weight excluding hydrogens is 273 g/mol. The molecule has 0 amide bonds. The number of nitrogens with one attached hydrogen (secondary N) is 1. The normalized spacial score (nSPS) is 12.7. The zero-order valence-electron chi connectivity index (χ0n) is 9.78. The minimum Gasteiger partial charge on any atom is -0.271 e. The third-order valence-electron chi connectivity index (χ3n) is 2.65. The molecule has 1 aromatic heterocycles. The van der Waals surface area contributed by atoms with Crippen molar-refractivity contribution < 1.29 is 4.39 Å². The largest absolute Gasteiger partial charge is 0.271 e. The third kappa shape index (κ3) is 2.87. The minimum atomic E-state index is -0.316. The second kappa shape index (κ2) is 5.75. The number of rotatable bonds is 4. The Bertz CT molecular complexity index is 524. The van der Waals surface area contributed by atoms with Crippen molar-refractivity contribution >= 4 is 22.9 Å². The highest BCUT2D eigenvalue weighted by Gasteiger charge is 2.17. The van der Waals surface area contributed by atoms with Crippen molar-refractivity contribution in [1.82, 2.24) is 10.4 Å². The Morgan fingerprint density at radius 1 is 1.56 bits per heavy atom. The lowest BCUT2D eigenvalue weighted by molar-refractivity contribution is 0.535. The molecule has 3 nitrogen and oxygen atoms in total. The van der Waals surface area contributed by atoms with Gasteiger partial charge in [-0.15, -0.1) is 11.3 Å². The van der Waals surface area contributed by atoms with Crippen LogP contribution < -0.4 is 11.3 Å². The Kier molecular flexibility index (Phi) is 4.29. The van der Waals surface area contributed by atoms with Gasteiger partial charge in [-0.05, 0) is 25.5 Å². The van der Waals surface area contributed by atoms with Crippen LogP contribution in [0.15, 0.2) is 24.4 Å². The van der Waals surface area contributed by atoms with Gasteiger partial charge in [-0.3, -0.25) is 11.3 Å². The Balaban J connectivity index is 2.26. The van der Waals surface area contributed by atoms with Crippen LogP contribution in [0.4, 0.5) is 4.39 Å². The second-order valence-electron chi connectivity index (χ2n) is 3.91. The predicted molar refractivity (Wildman–Crippen MR) is 72.0 cm³/mol. The summed E-state index contributed by atoms with van der Waals surface area (Å²) >= 11 is 7.53. The van der Waals surface area contributed by atoms with Gasteiger partial charge in [-0.25, -0.2) is 9.37 Å². The van der Waals surface area contributed by atoms with E-state index in [0.29, 0.717) is 17.0 Å². The van der Waals surface area contributed by atoms with Crippen LogP contribution in [0.5, 0.6) is 0 Å². The molecular formula is C12H13ClFN3S. The molecule has 3 N–H and O–H groups in total. The van der Waals surface area contributed by atoms with E-state index in [9.17, 15) is 4.39 Å². The molecule has 0 aliphatic carbocycles. The molecule has 1 atom stereocenters. The van der Waals surface area contributed by atoms with Gasteiger partial charge in [0.1, 0.15) is 5.82 Å². The predicted octanol–water partition coefficient (Wildman–Crippen LogP) is 2.99. The van der Waals surface area contributed by atoms with E-state index in [-0.39, 0.29) is 11.9 Å². The Morgan fingerprint density at radius 2 is 2.33 bits per heavy atom. The first-order chi connectivity index (χ1) is 8.61. The first-order valence-corrected chi connectivity index (χ1v) is 6.62. The molecule has 1 aromatic carbocycles. The fourth-order valence-electron chi connectivity index (χ4n) is 1.71. The molecule has 96 valence electrons. The van der Waals surface area contributed by atoms with Gasteiger partial charge in [-0.1, -0.05) is 17.7 Å². The van der Waals surface area contributed by atoms with Crippen LogP contribution >= 0.6 is 22.9 Å². The molecule has 0 aliphatic rings. The van der Waals surface area contributed by atoms with Crippen molar-refractivity contribution in [3.8, 4) is 0 Å². The number of nitrogens with zero attached hydrogens (tertiary/aromatic N) is 1. The number of hydrogen-bond acceptors (Lipinski definition) is 4. The molecule has 0 aliphatic heterocycles. The highest BCUT2D eigenvalue weighted by molar-refractivity contribution is 7.11. The van der Waals surface area contributed by atoms with E-state index in [1.165, 1.54) is 17.4 Å². The number of hydrogen-bond donors (Lipinski definition) is 2. The smallest absolute Gasteiger partial charge is 0.127 e. The number of nitrogens with two attached hydrogens (primary N) is 1. The maximum atomic E-state index is 13.7. The summed E-state index contributed by atoms with van der Waals surface area (Å²) in [5, 5.41) is 1.36. The molecule has 0 radical (unpaired) electrons. The zero-order valence-corrected chi connectivity index (χ0v) is 11.4. The lowest BCUT2D eigenvalue weighted by atomic mass is 10.0. The molecule has 0 spiro atoms. The fourth-order valence-corrected chi connectivity index (χ4v) is 2.80. The number of thiazole rings is 1. The van der Waals surface area contributed by atoms with Crippen LogP contribution in [0.25, 0.3) is 0 Å². The molecule has 6 heteroatoms. The van der Waals surface area contributed by atoms with E-state index in [1.54, 1.807) is 18.3 Å². The van der Waals surface area contributed by atoms with Gasteiger partial charge in [0.15, 0.2) is 0 Å². The summed E-state index contributed by atoms with van der Waals surface area (Å²) in [6.45, 7) is 1.91. The van der Waals surface area contributed by atoms with Crippen LogP contribution in [-0.2, 0) is 6.42 Å². The first-order valence-electron chi connectivity index (χ1n) is 5.43. The third-order valence-corrected chi connectivity index (χ3v) is 4.03. The van der Waals surface area contributed by atoms with Crippen molar-refractivity contribution in [2.24, 2.45) is 5.84 Å². The monoisotopic (exact) mass is 285 g/mol. The summed E-state index contributed by atoms with van der Waals surface area (Å²) < 4.78 is 13.7. The first kappa shape index (κ1) is 13.4. The van der Waals surface area contributed by atoms with E-state index in [4.69, 9.17) is 17.4 Å². The fraction of sp³-hybridized carbons (Fsp3) is 0.250. The summed E-state index contributed by atoms with van der Waals surface area (Å²) in [6, 6.07) is 4.46. The number of aromatic nitrogens is 1. The van der Waals surface area contributed by atoms with E-state index < -0.39 is 0 Å². The van der Waals surface area contributed by atoms with Crippen molar-refractivity contribution in [3.05, 3.63) is 50.7 Å². The van der Waals surface area contributed by atoms with Crippen molar-refractivity contribution in [3.63, 3.8) is 0 Å². The van der Waals surface area contributed by atoms with Gasteiger partial charge in [0.05, 0.1) is 11.0 Å². The SMILES string of the molecule is Cc1ncc(C(Cc2c(F)cccc2Cl)NN)s1. The van der Waals surface area contributed by atoms with E-state index in [1.807, 2.05) is 6.92 Å². The van der Waals surface area contributed by atoms with E-state index >= 15 is 0 Å².